The molecule has 4 rings (SSSR count). The molecule has 0 bridgehead atoms. The van der Waals surface area contributed by atoms with Gasteiger partial charge in [-0.1, -0.05) is 66.7 Å². The van der Waals surface area contributed by atoms with Gasteiger partial charge in [0.1, 0.15) is 5.75 Å². The van der Waals surface area contributed by atoms with Gasteiger partial charge in [-0.3, -0.25) is 4.57 Å². The molecule has 0 unspecified atom stereocenters. The van der Waals surface area contributed by atoms with E-state index in [1.807, 2.05) is 78.2 Å². The second-order valence-electron chi connectivity index (χ2n) is 8.12. The summed E-state index contributed by atoms with van der Waals surface area (Å²) >= 11 is 7.89. The van der Waals surface area contributed by atoms with E-state index in [1.165, 1.54) is 0 Å². The first kappa shape index (κ1) is 25.6. The van der Waals surface area contributed by atoms with Crippen molar-refractivity contribution < 1.29 is 9.53 Å². The van der Waals surface area contributed by atoms with Gasteiger partial charge in [0.25, 0.3) is 0 Å². The van der Waals surface area contributed by atoms with Gasteiger partial charge in [-0.2, -0.15) is 0 Å². The van der Waals surface area contributed by atoms with Crippen LogP contribution in [0.2, 0.25) is 5.02 Å². The number of halogens is 1. The van der Waals surface area contributed by atoms with Gasteiger partial charge in [0, 0.05) is 16.5 Å². The quantitative estimate of drug-likeness (QED) is 0.249. The third kappa shape index (κ3) is 6.19. The fourth-order valence-corrected chi connectivity index (χ4v) is 4.83. The van der Waals surface area contributed by atoms with E-state index in [2.05, 4.69) is 27.8 Å². The van der Waals surface area contributed by atoms with Gasteiger partial charge in [-0.05, 0) is 60.4 Å². The zero-order valence-electron chi connectivity index (χ0n) is 20.4. The molecule has 0 spiro atoms. The van der Waals surface area contributed by atoms with Crippen LogP contribution in [0.25, 0.3) is 5.69 Å². The topological polar surface area (TPSA) is 81.1 Å². The molecule has 0 radical (unpaired) electrons. The number of carbonyl (C=O) groups excluding carboxylic acids is 1. The van der Waals surface area contributed by atoms with Crippen molar-refractivity contribution >= 4 is 35.1 Å². The minimum absolute atomic E-state index is 0.193. The molecule has 2 amide bonds. The molecule has 1 aromatic heterocycles. The first-order chi connectivity index (χ1) is 17.5. The Morgan fingerprint density at radius 3 is 2.72 bits per heavy atom. The molecule has 0 saturated heterocycles. The van der Waals surface area contributed by atoms with Gasteiger partial charge in [0.05, 0.1) is 19.3 Å². The highest BCUT2D eigenvalue weighted by molar-refractivity contribution is 7.98. The third-order valence-electron chi connectivity index (χ3n) is 5.67. The molecule has 1 heterocycles. The van der Waals surface area contributed by atoms with Gasteiger partial charge < -0.3 is 15.4 Å². The van der Waals surface area contributed by atoms with Crippen molar-refractivity contribution in [2.45, 2.75) is 37.7 Å². The first-order valence-corrected chi connectivity index (χ1v) is 12.9. The lowest BCUT2D eigenvalue weighted by molar-refractivity contribution is 0.251. The van der Waals surface area contributed by atoms with E-state index in [1.54, 1.807) is 18.9 Å². The lowest BCUT2D eigenvalue weighted by atomic mass is 10.1. The molecule has 0 aliphatic carbocycles. The highest BCUT2D eigenvalue weighted by Crippen LogP contribution is 2.29. The number of benzene rings is 3. The molecule has 0 aliphatic rings. The Balaban J connectivity index is 1.56. The predicted molar refractivity (Wildman–Crippen MR) is 145 cm³/mol. The molecule has 2 N–H and O–H groups in total. The number of aromatic nitrogens is 3. The second kappa shape index (κ2) is 12.0. The van der Waals surface area contributed by atoms with Crippen molar-refractivity contribution in [1.82, 2.24) is 20.1 Å². The third-order valence-corrected chi connectivity index (χ3v) is 6.90. The molecule has 36 heavy (non-hydrogen) atoms. The Bertz CT molecular complexity index is 1360. The number of nitrogens with zero attached hydrogens (tertiary/aromatic N) is 3. The zero-order chi connectivity index (χ0) is 25.5. The lowest BCUT2D eigenvalue weighted by Gasteiger charge is -2.14. The van der Waals surface area contributed by atoms with E-state index in [0.717, 1.165) is 40.2 Å². The Morgan fingerprint density at radius 2 is 1.92 bits per heavy atom. The Morgan fingerprint density at radius 1 is 1.08 bits per heavy atom. The number of methoxy groups -OCH3 is 1. The number of nitrogens with one attached hydrogen (secondary N) is 2. The average molecular weight is 522 g/mol. The summed E-state index contributed by atoms with van der Waals surface area (Å²) in [5.74, 6) is 2.09. The predicted octanol–water partition coefficient (Wildman–Crippen LogP) is 6.41. The van der Waals surface area contributed by atoms with Crippen LogP contribution in [-0.2, 0) is 18.7 Å². The maximum absolute atomic E-state index is 12.7. The molecule has 4 aromatic rings. The molecule has 186 valence electrons. The number of para-hydroxylation sites is 1. The monoisotopic (exact) mass is 521 g/mol. The van der Waals surface area contributed by atoms with Crippen LogP contribution in [0.15, 0.2) is 71.9 Å². The number of rotatable bonds is 9. The molecule has 7 nitrogen and oxygen atoms in total. The number of thioether (sulfide) groups is 1. The molecular formula is C27H28ClN5O2S. The summed E-state index contributed by atoms with van der Waals surface area (Å²) in [5, 5.41) is 16.0. The Labute approximate surface area is 220 Å². The number of amides is 2. The van der Waals surface area contributed by atoms with Crippen LogP contribution in [-0.4, -0.2) is 27.9 Å². The number of anilines is 1. The van der Waals surface area contributed by atoms with Crippen LogP contribution < -0.4 is 15.4 Å². The Kier molecular flexibility index (Phi) is 8.51. The van der Waals surface area contributed by atoms with Gasteiger partial charge in [-0.15, -0.1) is 10.2 Å². The van der Waals surface area contributed by atoms with Crippen molar-refractivity contribution in [2.24, 2.45) is 0 Å². The Hall–Kier alpha value is -3.49. The van der Waals surface area contributed by atoms with E-state index >= 15 is 0 Å². The van der Waals surface area contributed by atoms with Gasteiger partial charge in [-0.25, -0.2) is 4.79 Å². The number of carbonyl (C=O) groups is 1. The second-order valence-corrected chi connectivity index (χ2v) is 9.50. The summed E-state index contributed by atoms with van der Waals surface area (Å²) in [6.07, 6.45) is 0.826. The van der Waals surface area contributed by atoms with E-state index in [4.69, 9.17) is 16.3 Å². The van der Waals surface area contributed by atoms with Crippen LogP contribution in [0.4, 0.5) is 10.5 Å². The molecule has 9 heteroatoms. The lowest BCUT2D eigenvalue weighted by Crippen LogP contribution is -2.29. The first-order valence-electron chi connectivity index (χ1n) is 11.6. The highest BCUT2D eigenvalue weighted by atomic mass is 35.5. The van der Waals surface area contributed by atoms with Gasteiger partial charge in [0.2, 0.25) is 0 Å². The van der Waals surface area contributed by atoms with E-state index in [0.29, 0.717) is 21.8 Å². The van der Waals surface area contributed by atoms with E-state index in [9.17, 15) is 4.79 Å². The van der Waals surface area contributed by atoms with Gasteiger partial charge >= 0.3 is 6.03 Å². The molecule has 0 aliphatic heterocycles. The minimum Gasteiger partial charge on any atom is -0.497 e. The van der Waals surface area contributed by atoms with E-state index in [-0.39, 0.29) is 12.6 Å². The molecule has 0 atom stereocenters. The molecular weight excluding hydrogens is 494 g/mol. The summed E-state index contributed by atoms with van der Waals surface area (Å²) in [6.45, 7) is 4.26. The van der Waals surface area contributed by atoms with Crippen molar-refractivity contribution in [3.05, 3.63) is 94.3 Å². The van der Waals surface area contributed by atoms with Crippen molar-refractivity contribution in [3.63, 3.8) is 0 Å². The van der Waals surface area contributed by atoms with Crippen LogP contribution >= 0.6 is 23.4 Å². The van der Waals surface area contributed by atoms with Crippen molar-refractivity contribution in [2.75, 3.05) is 12.4 Å². The zero-order valence-corrected chi connectivity index (χ0v) is 22.0. The summed E-state index contributed by atoms with van der Waals surface area (Å²) in [4.78, 5) is 12.7. The molecule has 3 aromatic carbocycles. The number of ether oxygens (including phenoxy) is 1. The van der Waals surface area contributed by atoms with Crippen LogP contribution in [0, 0.1) is 6.92 Å². The molecule has 0 fully saturated rings. The average Bonchev–Trinajstić information content (AvgIpc) is 3.30. The maximum atomic E-state index is 12.7. The van der Waals surface area contributed by atoms with Crippen molar-refractivity contribution in [3.8, 4) is 11.4 Å². The van der Waals surface area contributed by atoms with Crippen LogP contribution in [0.5, 0.6) is 5.75 Å². The number of hydrogen-bond donors (Lipinski definition) is 2. The van der Waals surface area contributed by atoms with Gasteiger partial charge in [0.15, 0.2) is 11.0 Å². The number of urea groups is 1. The number of hydrogen-bond acceptors (Lipinski definition) is 5. The fourth-order valence-electron chi connectivity index (χ4n) is 3.76. The normalized spacial score (nSPS) is 10.8. The maximum Gasteiger partial charge on any atom is 0.319 e. The number of aryl methyl sites for hydroxylation is 2. The van der Waals surface area contributed by atoms with E-state index < -0.39 is 0 Å². The van der Waals surface area contributed by atoms with Crippen LogP contribution in [0.1, 0.15) is 29.4 Å². The summed E-state index contributed by atoms with van der Waals surface area (Å²) < 4.78 is 7.29. The standard InChI is InChI=1S/C27H28ClN5O2S/c1-4-20-9-5-6-11-23(20)30-26(34)29-16-25-31-32-27(33(25)24-15-21(28)13-12-18(24)2)36-17-19-8-7-10-22(14-19)35-3/h5-15H,4,16-17H2,1-3H3,(H2,29,30,34). The summed E-state index contributed by atoms with van der Waals surface area (Å²) in [7, 11) is 1.65. The summed E-state index contributed by atoms with van der Waals surface area (Å²) in [6, 6.07) is 21.1. The van der Waals surface area contributed by atoms with Crippen LogP contribution in [0.3, 0.4) is 0 Å². The SMILES string of the molecule is CCc1ccccc1NC(=O)NCc1nnc(SCc2cccc(OC)c2)n1-c1cc(Cl)ccc1C. The smallest absolute Gasteiger partial charge is 0.319 e. The molecule has 0 saturated carbocycles. The minimum atomic E-state index is -0.307. The fraction of sp³-hybridized carbons (Fsp3) is 0.222. The highest BCUT2D eigenvalue weighted by Gasteiger charge is 2.18. The van der Waals surface area contributed by atoms with Crippen molar-refractivity contribution in [1.29, 1.82) is 0 Å². The largest absolute Gasteiger partial charge is 0.497 e. The summed E-state index contributed by atoms with van der Waals surface area (Å²) in [5.41, 5.74) is 4.85.